The first-order chi connectivity index (χ1) is 24.5. The molecule has 2 unspecified atom stereocenters. The first kappa shape index (κ1) is 32.6. The van der Waals surface area contributed by atoms with Gasteiger partial charge in [0, 0.05) is 0 Å². The number of allylic oxidation sites excluding steroid dienone is 2. The molecule has 0 saturated heterocycles. The Balaban J connectivity index is 1.59. The molecule has 6 aromatic rings. The van der Waals surface area contributed by atoms with E-state index in [0.29, 0.717) is 11.5 Å². The van der Waals surface area contributed by atoms with Gasteiger partial charge in [0.25, 0.3) is 0 Å². The molecule has 2 aliphatic carbocycles. The monoisotopic (exact) mass is 752 g/mol. The second kappa shape index (κ2) is 13.6. The molecule has 50 heavy (non-hydrogen) atoms. The quantitative estimate of drug-likeness (QED) is 0.130. The Morgan fingerprint density at radius 1 is 0.460 bits per heavy atom. The molecular weight excluding hydrogens is 718 g/mol. The third kappa shape index (κ3) is 5.85. The number of rotatable bonds is 10. The average Bonchev–Trinajstić information content (AvgIpc) is 3.80. The second-order valence-corrected chi connectivity index (χ2v) is 36.2. The Kier molecular flexibility index (Phi) is 8.84. The summed E-state index contributed by atoms with van der Waals surface area (Å²) in [6, 6.07) is 52.8. The van der Waals surface area contributed by atoms with Gasteiger partial charge in [-0.25, -0.2) is 0 Å². The van der Waals surface area contributed by atoms with E-state index in [9.17, 15) is 8.78 Å². The van der Waals surface area contributed by atoms with E-state index in [-0.39, 0.29) is 18.9 Å². The molecule has 0 heterocycles. The summed E-state index contributed by atoms with van der Waals surface area (Å²) in [5.74, 6) is 0.502. The Morgan fingerprint density at radius 2 is 0.840 bits per heavy atom. The van der Waals surface area contributed by atoms with Crippen LogP contribution >= 0.6 is 0 Å². The van der Waals surface area contributed by atoms with Gasteiger partial charge in [0.05, 0.1) is 0 Å². The summed E-state index contributed by atoms with van der Waals surface area (Å²) in [5.41, 5.74) is 5.25. The molecule has 6 heteroatoms. The third-order valence-corrected chi connectivity index (χ3v) is 42.6. The van der Waals surface area contributed by atoms with Gasteiger partial charge < -0.3 is 0 Å². The van der Waals surface area contributed by atoms with E-state index >= 15 is 0 Å². The van der Waals surface area contributed by atoms with Crippen molar-refractivity contribution in [2.75, 3.05) is 0 Å². The second-order valence-electron chi connectivity index (χ2n) is 13.2. The number of fused-ring (bicyclic) bond motifs is 2. The summed E-state index contributed by atoms with van der Waals surface area (Å²) >= 11 is -5.84. The van der Waals surface area contributed by atoms with Gasteiger partial charge in [-0.15, -0.1) is 0 Å². The van der Waals surface area contributed by atoms with Crippen molar-refractivity contribution in [3.05, 3.63) is 215 Å². The fraction of sp³-hybridized carbons (Fsp3) is 0.0909. The van der Waals surface area contributed by atoms with Crippen LogP contribution in [0.4, 0.5) is 8.78 Å². The molecule has 0 radical (unpaired) electrons. The van der Waals surface area contributed by atoms with Gasteiger partial charge in [-0.1, -0.05) is 0 Å². The van der Waals surface area contributed by atoms with Crippen molar-refractivity contribution in [3.63, 3.8) is 0 Å². The minimum atomic E-state index is -5.84. The SMILES string of the molecule is Fc1ccc([O][Zr]([O]c2ccc(F)cc2)([CH]2C=Cc3ccccc32)([CH]2C=Cc3ccccc32)=[Si](Cc2ccccc2)Cc2ccccc2)cc1. The van der Waals surface area contributed by atoms with E-state index in [0.717, 1.165) is 23.2 Å². The molecule has 2 nitrogen and oxygen atoms in total. The Bertz CT molecular complexity index is 2120. The van der Waals surface area contributed by atoms with Crippen LogP contribution in [-0.2, 0) is 30.4 Å². The summed E-state index contributed by atoms with van der Waals surface area (Å²) in [6.45, 7) is 0. The van der Waals surface area contributed by atoms with Crippen molar-refractivity contribution in [3.8, 4) is 11.5 Å². The molecule has 6 aromatic carbocycles. The van der Waals surface area contributed by atoms with Gasteiger partial charge >= 0.3 is 296 Å². The number of halogens is 2. The Morgan fingerprint density at radius 3 is 1.26 bits per heavy atom. The molecular formula is C44H36F2O2SiZr. The molecule has 0 aliphatic heterocycles. The van der Waals surface area contributed by atoms with E-state index in [2.05, 4.69) is 133 Å². The predicted molar refractivity (Wildman–Crippen MR) is 197 cm³/mol. The molecule has 246 valence electrons. The number of benzene rings is 6. The normalized spacial score (nSPS) is 16.1. The van der Waals surface area contributed by atoms with E-state index in [4.69, 9.17) is 5.63 Å². The maximum atomic E-state index is 14.6. The van der Waals surface area contributed by atoms with E-state index in [1.54, 1.807) is 24.3 Å². The Labute approximate surface area is 294 Å². The molecule has 0 amide bonds. The minimum absolute atomic E-state index is 0.218. The van der Waals surface area contributed by atoms with Crippen molar-refractivity contribution < 1.29 is 32.7 Å². The number of hydrogen-bond donors (Lipinski definition) is 0. The Hall–Kier alpha value is -4.64. The molecule has 0 N–H and O–H groups in total. The summed E-state index contributed by atoms with van der Waals surface area (Å²) < 4.78 is 44.9. The topological polar surface area (TPSA) is 18.5 Å². The summed E-state index contributed by atoms with van der Waals surface area (Å²) in [5, 5.41) is 0. The van der Waals surface area contributed by atoms with Crippen LogP contribution in [-0.4, -0.2) is 5.43 Å². The van der Waals surface area contributed by atoms with Crippen LogP contribution in [0, 0.1) is 11.6 Å². The molecule has 0 fully saturated rings. The molecule has 0 saturated carbocycles. The first-order valence-corrected chi connectivity index (χ1v) is 27.5. The number of hydrogen-bond acceptors (Lipinski definition) is 2. The van der Waals surface area contributed by atoms with Crippen molar-refractivity contribution in [1.82, 2.24) is 0 Å². The van der Waals surface area contributed by atoms with Gasteiger partial charge in [-0.2, -0.15) is 0 Å². The maximum absolute atomic E-state index is 14.6. The van der Waals surface area contributed by atoms with Crippen LogP contribution in [0.3, 0.4) is 0 Å². The zero-order valence-corrected chi connectivity index (χ0v) is 30.9. The van der Waals surface area contributed by atoms with Gasteiger partial charge in [0.2, 0.25) is 0 Å². The van der Waals surface area contributed by atoms with Crippen LogP contribution in [0.2, 0.25) is 0 Å². The van der Waals surface area contributed by atoms with Crippen molar-refractivity contribution in [2.45, 2.75) is 19.3 Å². The molecule has 0 aromatic heterocycles. The van der Waals surface area contributed by atoms with E-state index in [1.165, 1.54) is 46.5 Å². The van der Waals surface area contributed by atoms with Gasteiger partial charge in [-0.3, -0.25) is 0 Å². The van der Waals surface area contributed by atoms with Gasteiger partial charge in [-0.05, 0) is 0 Å². The summed E-state index contributed by atoms with van der Waals surface area (Å²) in [6.07, 6.45) is 9.06. The first-order valence-electron chi connectivity index (χ1n) is 17.0. The predicted octanol–water partition coefficient (Wildman–Crippen LogP) is 11.0. The molecule has 8 rings (SSSR count). The van der Waals surface area contributed by atoms with E-state index < -0.39 is 23.7 Å². The molecule has 2 aliphatic rings. The fourth-order valence-electron chi connectivity index (χ4n) is 8.09. The van der Waals surface area contributed by atoms with Crippen LogP contribution in [0.1, 0.15) is 40.6 Å². The molecule has 0 bridgehead atoms. The van der Waals surface area contributed by atoms with Crippen LogP contribution in [0.25, 0.3) is 12.2 Å². The molecule has 2 atom stereocenters. The standard InChI is InChI=1S/C14H14Si.2C9H7.2C6H5FO.Zr/c1-3-7-13(8-4-1)11-15-12-14-9-5-2-6-10-14;2*1-2-5-9-7-3-6-8(9)4-1;2*7-5-1-3-6(8)4-2-5;/h1-10H,11-12H2;2*1-7H;2*1-4,8H;/q;;;;;+2/p-2. The third-order valence-electron chi connectivity index (χ3n) is 10.3. The summed E-state index contributed by atoms with van der Waals surface area (Å²) in [4.78, 5) is 0. The van der Waals surface area contributed by atoms with Gasteiger partial charge in [0.1, 0.15) is 0 Å². The zero-order chi connectivity index (χ0) is 34.0. The average molecular weight is 754 g/mol. The zero-order valence-electron chi connectivity index (χ0n) is 27.5. The van der Waals surface area contributed by atoms with Crippen LogP contribution in [0.15, 0.2) is 170 Å². The van der Waals surface area contributed by atoms with E-state index in [1.807, 2.05) is 0 Å². The van der Waals surface area contributed by atoms with Crippen LogP contribution in [0.5, 0.6) is 11.5 Å². The van der Waals surface area contributed by atoms with Crippen molar-refractivity contribution in [1.29, 1.82) is 0 Å². The van der Waals surface area contributed by atoms with Crippen molar-refractivity contribution in [2.24, 2.45) is 0 Å². The molecule has 0 spiro atoms. The van der Waals surface area contributed by atoms with Crippen molar-refractivity contribution >= 4 is 17.6 Å². The van der Waals surface area contributed by atoms with Crippen LogP contribution < -0.4 is 5.63 Å². The summed E-state index contributed by atoms with van der Waals surface area (Å²) in [7, 11) is 0. The fourth-order valence-corrected chi connectivity index (χ4v) is 44.5. The van der Waals surface area contributed by atoms with Gasteiger partial charge in [0.15, 0.2) is 0 Å².